The lowest BCUT2D eigenvalue weighted by atomic mass is 9.44. The van der Waals surface area contributed by atoms with Gasteiger partial charge in [0.05, 0.1) is 15.7 Å². The molecular formula is C20H19Cl2N5O2. The second-order valence-electron chi connectivity index (χ2n) is 8.02. The molecule has 3 aromatic rings. The monoisotopic (exact) mass is 431 g/mol. The Bertz CT molecular complexity index is 1110. The van der Waals surface area contributed by atoms with E-state index in [-0.39, 0.29) is 23.6 Å². The molecule has 29 heavy (non-hydrogen) atoms. The molecule has 7 nitrogen and oxygen atoms in total. The SMILES string of the molecule is Cc1cc2c(NC34CC(NC(=O)COc5ccc(Cl)c(Cl)c5)(C3)C4)nccn2n1. The van der Waals surface area contributed by atoms with Crippen LogP contribution < -0.4 is 15.4 Å². The number of rotatable bonds is 6. The molecule has 3 aliphatic carbocycles. The predicted octanol–water partition coefficient (Wildman–Crippen LogP) is 3.63. The summed E-state index contributed by atoms with van der Waals surface area (Å²) in [6.07, 6.45) is 6.19. The second kappa shape index (κ2) is 6.50. The van der Waals surface area contributed by atoms with E-state index < -0.39 is 0 Å². The van der Waals surface area contributed by atoms with Crippen molar-refractivity contribution in [1.29, 1.82) is 0 Å². The molecule has 2 N–H and O–H groups in total. The maximum absolute atomic E-state index is 12.3. The molecule has 0 aliphatic heterocycles. The Labute approximate surface area is 177 Å². The maximum Gasteiger partial charge on any atom is 0.258 e. The van der Waals surface area contributed by atoms with Crippen molar-refractivity contribution in [2.24, 2.45) is 0 Å². The van der Waals surface area contributed by atoms with Crippen molar-refractivity contribution in [3.05, 3.63) is 52.4 Å². The zero-order valence-electron chi connectivity index (χ0n) is 15.7. The van der Waals surface area contributed by atoms with Crippen LogP contribution >= 0.6 is 23.2 Å². The number of fused-ring (bicyclic) bond motifs is 1. The molecule has 150 valence electrons. The van der Waals surface area contributed by atoms with Crippen molar-refractivity contribution in [3.8, 4) is 5.75 Å². The number of halogens is 2. The molecule has 1 aromatic carbocycles. The number of hydrogen-bond donors (Lipinski definition) is 2. The number of anilines is 1. The highest BCUT2D eigenvalue weighted by atomic mass is 35.5. The highest BCUT2D eigenvalue weighted by molar-refractivity contribution is 6.42. The topological polar surface area (TPSA) is 80.5 Å². The number of carbonyl (C=O) groups is 1. The van der Waals surface area contributed by atoms with Crippen molar-refractivity contribution in [1.82, 2.24) is 19.9 Å². The van der Waals surface area contributed by atoms with Crippen molar-refractivity contribution in [3.63, 3.8) is 0 Å². The number of nitrogens with one attached hydrogen (secondary N) is 2. The van der Waals surface area contributed by atoms with Gasteiger partial charge in [0, 0.05) is 29.5 Å². The fourth-order valence-electron chi connectivity index (χ4n) is 4.49. The molecule has 3 aliphatic rings. The van der Waals surface area contributed by atoms with Crippen LogP contribution in [0.25, 0.3) is 5.52 Å². The highest BCUT2D eigenvalue weighted by Gasteiger charge is 2.69. The van der Waals surface area contributed by atoms with Crippen LogP contribution in [0.5, 0.6) is 5.75 Å². The summed E-state index contributed by atoms with van der Waals surface area (Å²) in [5, 5.41) is 11.9. The number of hydrogen-bond acceptors (Lipinski definition) is 5. The van der Waals surface area contributed by atoms with E-state index in [0.29, 0.717) is 15.8 Å². The Kier molecular flexibility index (Phi) is 4.15. The number of aromatic nitrogens is 3. The Morgan fingerprint density at radius 3 is 2.76 bits per heavy atom. The van der Waals surface area contributed by atoms with Gasteiger partial charge in [-0.1, -0.05) is 23.2 Å². The van der Waals surface area contributed by atoms with E-state index in [4.69, 9.17) is 27.9 Å². The Morgan fingerprint density at radius 2 is 2.00 bits per heavy atom. The van der Waals surface area contributed by atoms with Crippen molar-refractivity contribution >= 4 is 40.4 Å². The molecule has 6 rings (SSSR count). The lowest BCUT2D eigenvalue weighted by molar-refractivity contribution is -0.135. The number of nitrogens with zero attached hydrogens (tertiary/aromatic N) is 3. The molecule has 0 saturated heterocycles. The Hall–Kier alpha value is -2.51. The number of ether oxygens (including phenoxy) is 1. The second-order valence-corrected chi connectivity index (χ2v) is 8.83. The first-order valence-corrected chi connectivity index (χ1v) is 10.1. The van der Waals surface area contributed by atoms with Crippen LogP contribution in [0.3, 0.4) is 0 Å². The minimum absolute atomic E-state index is 0.00907. The minimum atomic E-state index is -0.147. The van der Waals surface area contributed by atoms with Crippen molar-refractivity contribution in [2.45, 2.75) is 37.3 Å². The third-order valence-corrected chi connectivity index (χ3v) is 6.33. The van der Waals surface area contributed by atoms with Crippen molar-refractivity contribution < 1.29 is 9.53 Å². The summed E-state index contributed by atoms with van der Waals surface area (Å²) in [5.74, 6) is 1.20. The lowest BCUT2D eigenvalue weighted by Gasteiger charge is -2.70. The van der Waals surface area contributed by atoms with Crippen molar-refractivity contribution in [2.75, 3.05) is 11.9 Å². The normalized spacial score (nSPS) is 24.5. The standard InChI is InChI=1S/C20H19Cl2N5O2/c1-12-6-16-18(23-4-5-27(16)26-12)25-20-9-19(10-20,11-20)24-17(28)8-29-13-2-3-14(21)15(22)7-13/h2-7H,8-11H2,1H3,(H,23,25)(H,24,28). The zero-order valence-corrected chi connectivity index (χ0v) is 17.2. The third-order valence-electron chi connectivity index (χ3n) is 5.59. The fraction of sp³-hybridized carbons (Fsp3) is 0.350. The van der Waals surface area contributed by atoms with Gasteiger partial charge in [0.15, 0.2) is 12.4 Å². The van der Waals surface area contributed by atoms with Crippen LogP contribution in [0, 0.1) is 6.92 Å². The van der Waals surface area contributed by atoms with Gasteiger partial charge in [0.1, 0.15) is 11.3 Å². The number of benzene rings is 1. The number of aryl methyl sites for hydroxylation is 1. The van der Waals surface area contributed by atoms with E-state index in [1.165, 1.54) is 0 Å². The van der Waals surface area contributed by atoms with E-state index in [2.05, 4.69) is 20.7 Å². The number of amides is 1. The Morgan fingerprint density at radius 1 is 1.21 bits per heavy atom. The molecule has 3 fully saturated rings. The predicted molar refractivity (Wildman–Crippen MR) is 111 cm³/mol. The first kappa shape index (κ1) is 18.5. The third kappa shape index (κ3) is 3.28. The summed E-state index contributed by atoms with van der Waals surface area (Å²) in [6, 6.07) is 6.94. The van der Waals surface area contributed by atoms with Gasteiger partial charge in [0.2, 0.25) is 0 Å². The first-order valence-electron chi connectivity index (χ1n) is 9.34. The van der Waals surface area contributed by atoms with Gasteiger partial charge in [-0.15, -0.1) is 0 Å². The largest absolute Gasteiger partial charge is 0.484 e. The molecule has 3 saturated carbocycles. The molecule has 0 atom stereocenters. The molecule has 0 spiro atoms. The van der Waals surface area contributed by atoms with Gasteiger partial charge in [-0.25, -0.2) is 9.50 Å². The fourth-order valence-corrected chi connectivity index (χ4v) is 4.78. The molecule has 1 amide bonds. The van der Waals surface area contributed by atoms with E-state index >= 15 is 0 Å². The molecule has 2 bridgehead atoms. The van der Waals surface area contributed by atoms with Gasteiger partial charge in [-0.2, -0.15) is 5.10 Å². The van der Waals surface area contributed by atoms with Gasteiger partial charge >= 0.3 is 0 Å². The lowest BCUT2D eigenvalue weighted by Crippen LogP contribution is -2.81. The quantitative estimate of drug-likeness (QED) is 0.622. The van der Waals surface area contributed by atoms with E-state index in [1.807, 2.05) is 23.7 Å². The molecular weight excluding hydrogens is 413 g/mol. The maximum atomic E-state index is 12.3. The molecule has 0 radical (unpaired) electrons. The van der Waals surface area contributed by atoms with Gasteiger partial charge < -0.3 is 15.4 Å². The van der Waals surface area contributed by atoms with Crippen LogP contribution in [0.4, 0.5) is 5.82 Å². The summed E-state index contributed by atoms with van der Waals surface area (Å²) in [6.45, 7) is 1.90. The smallest absolute Gasteiger partial charge is 0.258 e. The molecule has 9 heteroatoms. The van der Waals surface area contributed by atoms with Gasteiger partial charge in [0.25, 0.3) is 5.91 Å². The van der Waals surface area contributed by atoms with E-state index in [0.717, 1.165) is 36.3 Å². The van der Waals surface area contributed by atoms with Crippen LogP contribution in [0.1, 0.15) is 25.0 Å². The molecule has 2 heterocycles. The summed E-state index contributed by atoms with van der Waals surface area (Å²) < 4.78 is 7.34. The minimum Gasteiger partial charge on any atom is -0.484 e. The summed E-state index contributed by atoms with van der Waals surface area (Å²) >= 11 is 11.8. The average molecular weight is 432 g/mol. The molecule has 2 aromatic heterocycles. The van der Waals surface area contributed by atoms with E-state index in [9.17, 15) is 4.79 Å². The zero-order chi connectivity index (χ0) is 20.2. The van der Waals surface area contributed by atoms with E-state index in [1.54, 1.807) is 24.4 Å². The summed E-state index contributed by atoms with van der Waals surface area (Å²) in [5.41, 5.74) is 1.75. The Balaban J connectivity index is 1.16. The number of carbonyl (C=O) groups excluding carboxylic acids is 1. The first-order chi connectivity index (χ1) is 13.9. The van der Waals surface area contributed by atoms with Gasteiger partial charge in [-0.05, 0) is 44.4 Å². The highest BCUT2D eigenvalue weighted by Crippen LogP contribution is 2.61. The van der Waals surface area contributed by atoms with Crippen LogP contribution in [-0.4, -0.2) is 38.2 Å². The average Bonchev–Trinajstić information content (AvgIpc) is 3.01. The molecule has 0 unspecified atom stereocenters. The summed E-state index contributed by atoms with van der Waals surface area (Å²) in [4.78, 5) is 16.8. The van der Waals surface area contributed by atoms with Crippen LogP contribution in [0.2, 0.25) is 10.0 Å². The van der Waals surface area contributed by atoms with Gasteiger partial charge in [-0.3, -0.25) is 4.79 Å². The summed E-state index contributed by atoms with van der Waals surface area (Å²) in [7, 11) is 0. The van der Waals surface area contributed by atoms with Crippen LogP contribution in [-0.2, 0) is 4.79 Å². The van der Waals surface area contributed by atoms with Crippen LogP contribution in [0.15, 0.2) is 36.7 Å².